The van der Waals surface area contributed by atoms with E-state index in [-0.39, 0.29) is 5.78 Å². The Bertz CT molecular complexity index is 567. The predicted molar refractivity (Wildman–Crippen MR) is 72.7 cm³/mol. The summed E-state index contributed by atoms with van der Waals surface area (Å²) in [5.74, 6) is 0.135. The minimum atomic E-state index is 0.135. The number of carbonyl (C=O) groups excluding carboxylic acids is 1. The maximum absolute atomic E-state index is 11.4. The van der Waals surface area contributed by atoms with Crippen molar-refractivity contribution in [2.75, 3.05) is 0 Å². The first-order valence-corrected chi connectivity index (χ1v) is 6.22. The van der Waals surface area contributed by atoms with E-state index in [9.17, 15) is 4.79 Å². The van der Waals surface area contributed by atoms with Crippen LogP contribution in [0.5, 0.6) is 0 Å². The Labute approximate surface area is 102 Å². The lowest BCUT2D eigenvalue weighted by molar-refractivity contribution is 0.101. The quantitative estimate of drug-likeness (QED) is 0.718. The Morgan fingerprint density at radius 3 is 2.06 bits per heavy atom. The van der Waals surface area contributed by atoms with Gasteiger partial charge < -0.3 is 0 Å². The molecule has 0 fully saturated rings. The second-order valence-electron chi connectivity index (χ2n) is 4.41. The summed E-state index contributed by atoms with van der Waals surface area (Å²) in [5, 5.41) is 2.52. The smallest absolute Gasteiger partial charge is 0.159 e. The summed E-state index contributed by atoms with van der Waals surface area (Å²) < 4.78 is 0. The van der Waals surface area contributed by atoms with Crippen LogP contribution in [0.25, 0.3) is 10.8 Å². The number of ketones is 1. The van der Waals surface area contributed by atoms with E-state index in [0.29, 0.717) is 0 Å². The van der Waals surface area contributed by atoms with Crippen molar-refractivity contribution < 1.29 is 4.79 Å². The van der Waals surface area contributed by atoms with E-state index < -0.39 is 0 Å². The minimum Gasteiger partial charge on any atom is -0.295 e. The van der Waals surface area contributed by atoms with Crippen LogP contribution in [-0.2, 0) is 12.8 Å². The summed E-state index contributed by atoms with van der Waals surface area (Å²) in [6.45, 7) is 5.94. The number of hydrogen-bond acceptors (Lipinski definition) is 1. The lowest BCUT2D eigenvalue weighted by Gasteiger charge is -2.10. The Morgan fingerprint density at radius 2 is 1.53 bits per heavy atom. The van der Waals surface area contributed by atoms with E-state index in [1.165, 1.54) is 21.9 Å². The molecule has 0 bridgehead atoms. The van der Waals surface area contributed by atoms with Crippen LogP contribution < -0.4 is 0 Å². The van der Waals surface area contributed by atoms with Crippen molar-refractivity contribution in [2.45, 2.75) is 33.6 Å². The van der Waals surface area contributed by atoms with Crippen LogP contribution in [0.15, 0.2) is 30.3 Å². The zero-order chi connectivity index (χ0) is 12.4. The summed E-state index contributed by atoms with van der Waals surface area (Å²) in [5.41, 5.74) is 3.48. The van der Waals surface area contributed by atoms with Gasteiger partial charge in [0.25, 0.3) is 0 Å². The maximum Gasteiger partial charge on any atom is 0.159 e. The van der Waals surface area contributed by atoms with Gasteiger partial charge in [-0.05, 0) is 47.7 Å². The Kier molecular flexibility index (Phi) is 3.28. The summed E-state index contributed by atoms with van der Waals surface area (Å²) >= 11 is 0. The third-order valence-corrected chi connectivity index (χ3v) is 3.37. The third-order valence-electron chi connectivity index (χ3n) is 3.37. The molecule has 88 valence electrons. The molecule has 0 saturated heterocycles. The van der Waals surface area contributed by atoms with Crippen LogP contribution in [-0.4, -0.2) is 5.78 Å². The molecule has 1 heteroatoms. The molecule has 2 rings (SSSR count). The molecule has 0 heterocycles. The molecule has 2 aromatic rings. The van der Waals surface area contributed by atoms with Gasteiger partial charge in [-0.1, -0.05) is 38.1 Å². The van der Waals surface area contributed by atoms with Gasteiger partial charge in [0.1, 0.15) is 0 Å². The molecule has 17 heavy (non-hydrogen) atoms. The lowest BCUT2D eigenvalue weighted by Crippen LogP contribution is -1.95. The molecule has 0 spiro atoms. The first-order chi connectivity index (χ1) is 8.17. The number of aryl methyl sites for hydroxylation is 2. The van der Waals surface area contributed by atoms with Gasteiger partial charge in [0, 0.05) is 5.56 Å². The standard InChI is InChI=1S/C16H18O/c1-4-12-6-7-13(5-2)16-10-14(11(3)17)8-9-15(12)16/h6-10H,4-5H2,1-3H3. The molecule has 2 aromatic carbocycles. The highest BCUT2D eigenvalue weighted by atomic mass is 16.1. The van der Waals surface area contributed by atoms with Crippen molar-refractivity contribution in [3.63, 3.8) is 0 Å². The van der Waals surface area contributed by atoms with Crippen LogP contribution in [0, 0.1) is 0 Å². The number of carbonyl (C=O) groups is 1. The highest BCUT2D eigenvalue weighted by Gasteiger charge is 2.07. The van der Waals surface area contributed by atoms with Crippen molar-refractivity contribution in [1.82, 2.24) is 0 Å². The predicted octanol–water partition coefficient (Wildman–Crippen LogP) is 4.17. The van der Waals surface area contributed by atoms with E-state index in [1.807, 2.05) is 12.1 Å². The van der Waals surface area contributed by atoms with E-state index in [0.717, 1.165) is 18.4 Å². The van der Waals surface area contributed by atoms with E-state index >= 15 is 0 Å². The first-order valence-electron chi connectivity index (χ1n) is 6.22. The molecule has 1 nitrogen and oxygen atoms in total. The molecular formula is C16H18O. The van der Waals surface area contributed by atoms with Crippen molar-refractivity contribution in [2.24, 2.45) is 0 Å². The first kappa shape index (κ1) is 11.8. The van der Waals surface area contributed by atoms with Crippen molar-refractivity contribution >= 4 is 16.6 Å². The zero-order valence-corrected chi connectivity index (χ0v) is 10.7. The second kappa shape index (κ2) is 4.70. The molecule has 0 aliphatic rings. The van der Waals surface area contributed by atoms with Gasteiger partial charge in [0.15, 0.2) is 5.78 Å². The lowest BCUT2D eigenvalue weighted by atomic mass is 9.94. The Hall–Kier alpha value is -1.63. The van der Waals surface area contributed by atoms with Crippen LogP contribution in [0.1, 0.15) is 42.3 Å². The summed E-state index contributed by atoms with van der Waals surface area (Å²) in [6.07, 6.45) is 2.03. The third kappa shape index (κ3) is 2.10. The van der Waals surface area contributed by atoms with Crippen molar-refractivity contribution in [1.29, 1.82) is 0 Å². The average molecular weight is 226 g/mol. The Balaban J connectivity index is 2.77. The molecule has 0 amide bonds. The molecule has 0 saturated carbocycles. The van der Waals surface area contributed by atoms with Gasteiger partial charge in [-0.3, -0.25) is 4.79 Å². The molecule has 0 N–H and O–H groups in total. The van der Waals surface area contributed by atoms with E-state index in [1.54, 1.807) is 6.92 Å². The number of Topliss-reactive ketones (excluding diaryl/α,β-unsaturated/α-hetero) is 1. The fourth-order valence-electron chi connectivity index (χ4n) is 2.31. The summed E-state index contributed by atoms with van der Waals surface area (Å²) in [4.78, 5) is 11.4. The number of hydrogen-bond donors (Lipinski definition) is 0. The average Bonchev–Trinajstić information content (AvgIpc) is 2.36. The van der Waals surface area contributed by atoms with Crippen LogP contribution in [0.2, 0.25) is 0 Å². The van der Waals surface area contributed by atoms with Crippen LogP contribution >= 0.6 is 0 Å². The van der Waals surface area contributed by atoms with Gasteiger partial charge in [-0.2, -0.15) is 0 Å². The van der Waals surface area contributed by atoms with Gasteiger partial charge in [-0.15, -0.1) is 0 Å². The molecule has 0 unspecified atom stereocenters. The van der Waals surface area contributed by atoms with Crippen molar-refractivity contribution in [3.05, 3.63) is 47.0 Å². The number of benzene rings is 2. The van der Waals surface area contributed by atoms with E-state index in [4.69, 9.17) is 0 Å². The topological polar surface area (TPSA) is 17.1 Å². The highest BCUT2D eigenvalue weighted by molar-refractivity contribution is 6.00. The largest absolute Gasteiger partial charge is 0.295 e. The molecular weight excluding hydrogens is 208 g/mol. The molecule has 0 atom stereocenters. The summed E-state index contributed by atoms with van der Waals surface area (Å²) in [7, 11) is 0. The van der Waals surface area contributed by atoms with Crippen LogP contribution in [0.3, 0.4) is 0 Å². The fraction of sp³-hybridized carbons (Fsp3) is 0.312. The zero-order valence-electron chi connectivity index (χ0n) is 10.7. The number of rotatable bonds is 3. The molecule has 0 aliphatic carbocycles. The minimum absolute atomic E-state index is 0.135. The summed E-state index contributed by atoms with van der Waals surface area (Å²) in [6, 6.07) is 10.4. The van der Waals surface area contributed by atoms with Gasteiger partial charge in [-0.25, -0.2) is 0 Å². The van der Waals surface area contributed by atoms with E-state index in [2.05, 4.69) is 32.0 Å². The Morgan fingerprint density at radius 1 is 0.941 bits per heavy atom. The normalized spacial score (nSPS) is 10.8. The van der Waals surface area contributed by atoms with Crippen LogP contribution in [0.4, 0.5) is 0 Å². The maximum atomic E-state index is 11.4. The fourth-order valence-corrected chi connectivity index (χ4v) is 2.31. The van der Waals surface area contributed by atoms with Gasteiger partial charge in [0.2, 0.25) is 0 Å². The monoisotopic (exact) mass is 226 g/mol. The van der Waals surface area contributed by atoms with Crippen molar-refractivity contribution in [3.8, 4) is 0 Å². The number of fused-ring (bicyclic) bond motifs is 1. The highest BCUT2D eigenvalue weighted by Crippen LogP contribution is 2.25. The van der Waals surface area contributed by atoms with Gasteiger partial charge >= 0.3 is 0 Å². The van der Waals surface area contributed by atoms with Gasteiger partial charge in [0.05, 0.1) is 0 Å². The molecule has 0 aromatic heterocycles. The molecule has 0 radical (unpaired) electrons. The SMILES string of the molecule is CCc1ccc(CC)c2cc(C(C)=O)ccc12. The molecule has 0 aliphatic heterocycles. The second-order valence-corrected chi connectivity index (χ2v) is 4.41.